The maximum atomic E-state index is 13.2. The number of nitrogens with zero attached hydrogens (tertiary/aromatic N) is 1. The van der Waals surface area contributed by atoms with E-state index in [-0.39, 0.29) is 35.8 Å². The predicted octanol–water partition coefficient (Wildman–Crippen LogP) is 5.04. The van der Waals surface area contributed by atoms with Gasteiger partial charge >= 0.3 is 0 Å². The quantitative estimate of drug-likeness (QED) is 0.609. The summed E-state index contributed by atoms with van der Waals surface area (Å²) in [6.07, 6.45) is 0.259. The Balaban J connectivity index is 1.56. The zero-order valence-corrected chi connectivity index (χ0v) is 17.7. The molecule has 0 spiro atoms. The van der Waals surface area contributed by atoms with Gasteiger partial charge in [0.2, 0.25) is 11.8 Å². The fourth-order valence-corrected chi connectivity index (χ4v) is 4.71. The first-order chi connectivity index (χ1) is 15.0. The van der Waals surface area contributed by atoms with E-state index in [2.05, 4.69) is 5.32 Å². The molecule has 5 nitrogen and oxygen atoms in total. The van der Waals surface area contributed by atoms with Crippen molar-refractivity contribution < 1.29 is 18.7 Å². The Morgan fingerprint density at radius 1 is 1.10 bits per heavy atom. The number of halogens is 1. The summed E-state index contributed by atoms with van der Waals surface area (Å²) >= 11 is 1.61. The highest BCUT2D eigenvalue weighted by molar-refractivity contribution is 7.99. The van der Waals surface area contributed by atoms with Crippen molar-refractivity contribution in [2.24, 2.45) is 0 Å². The number of amides is 2. The molecule has 0 fully saturated rings. The van der Waals surface area contributed by atoms with Crippen LogP contribution in [0.1, 0.15) is 17.2 Å². The van der Waals surface area contributed by atoms with Crippen LogP contribution in [0, 0.1) is 5.82 Å². The third kappa shape index (κ3) is 4.88. The number of hydrogen-bond donors (Lipinski definition) is 1. The Hall–Kier alpha value is -3.32. The van der Waals surface area contributed by atoms with E-state index >= 15 is 0 Å². The van der Waals surface area contributed by atoms with Crippen LogP contribution in [0.25, 0.3) is 0 Å². The monoisotopic (exact) mass is 436 g/mol. The lowest BCUT2D eigenvalue weighted by Crippen LogP contribution is -2.38. The van der Waals surface area contributed by atoms with Crippen LogP contribution in [-0.2, 0) is 9.59 Å². The zero-order valence-electron chi connectivity index (χ0n) is 16.9. The number of benzene rings is 3. The van der Waals surface area contributed by atoms with Crippen molar-refractivity contribution in [1.29, 1.82) is 0 Å². The topological polar surface area (TPSA) is 58.6 Å². The minimum absolute atomic E-state index is 0.0790. The molecule has 1 aliphatic rings. The number of carbonyl (C=O) groups excluding carboxylic acids is 2. The van der Waals surface area contributed by atoms with Crippen LogP contribution < -0.4 is 15.0 Å². The van der Waals surface area contributed by atoms with Crippen LogP contribution in [-0.4, -0.2) is 25.5 Å². The predicted molar refractivity (Wildman–Crippen MR) is 120 cm³/mol. The van der Waals surface area contributed by atoms with Gasteiger partial charge in [0, 0.05) is 22.3 Å². The molecule has 158 valence electrons. The first-order valence-corrected chi connectivity index (χ1v) is 10.7. The molecule has 0 radical (unpaired) electrons. The summed E-state index contributed by atoms with van der Waals surface area (Å²) < 4.78 is 18.3. The summed E-state index contributed by atoms with van der Waals surface area (Å²) in [5.41, 5.74) is 2.21. The number of hydrogen-bond acceptors (Lipinski definition) is 4. The molecule has 0 aromatic heterocycles. The van der Waals surface area contributed by atoms with Crippen molar-refractivity contribution in [2.45, 2.75) is 16.6 Å². The summed E-state index contributed by atoms with van der Waals surface area (Å²) in [5, 5.41) is 2.64. The number of ether oxygens (including phenoxy) is 1. The van der Waals surface area contributed by atoms with E-state index in [1.165, 1.54) is 29.2 Å². The number of para-hydroxylation sites is 1. The molecule has 0 saturated carbocycles. The number of rotatable bonds is 5. The Morgan fingerprint density at radius 2 is 1.81 bits per heavy atom. The minimum atomic E-state index is -0.378. The molecule has 1 atom stereocenters. The van der Waals surface area contributed by atoms with E-state index in [0.29, 0.717) is 11.4 Å². The standard InChI is InChI=1S/C24H21FN2O3S/c1-30-19-12-6-16(7-13-19)22-14-24(29)27(20-4-2-3-5-21(20)31-22)15-23(28)26-18-10-8-17(25)9-11-18/h2-13,22H,14-15H2,1H3,(H,26,28)/t22-/m0/s1. The third-order valence-corrected chi connectivity index (χ3v) is 6.33. The third-order valence-electron chi connectivity index (χ3n) is 5.00. The molecule has 1 aliphatic heterocycles. The van der Waals surface area contributed by atoms with Crippen molar-refractivity contribution in [3.63, 3.8) is 0 Å². The van der Waals surface area contributed by atoms with E-state index in [1.54, 1.807) is 18.9 Å². The molecule has 1 N–H and O–H groups in total. The average Bonchev–Trinajstić information content (AvgIpc) is 2.92. The smallest absolute Gasteiger partial charge is 0.244 e. The van der Waals surface area contributed by atoms with Gasteiger partial charge in [-0.1, -0.05) is 24.3 Å². The molecule has 0 unspecified atom stereocenters. The summed E-state index contributed by atoms with van der Waals surface area (Å²) in [5.74, 6) is -0.0976. The molecule has 0 bridgehead atoms. The number of fused-ring (bicyclic) bond motifs is 1. The highest BCUT2D eigenvalue weighted by Gasteiger charge is 2.30. The summed E-state index contributed by atoms with van der Waals surface area (Å²) in [4.78, 5) is 28.3. The van der Waals surface area contributed by atoms with Crippen LogP contribution in [0.3, 0.4) is 0 Å². The van der Waals surface area contributed by atoms with Gasteiger partial charge in [0.25, 0.3) is 0 Å². The normalized spacial score (nSPS) is 15.7. The summed E-state index contributed by atoms with van der Waals surface area (Å²) in [7, 11) is 1.62. The van der Waals surface area contributed by atoms with Gasteiger partial charge in [0.1, 0.15) is 18.1 Å². The Bertz CT molecular complexity index is 1090. The summed E-state index contributed by atoms with van der Waals surface area (Å²) in [6, 6.07) is 20.8. The zero-order chi connectivity index (χ0) is 21.8. The van der Waals surface area contributed by atoms with Gasteiger partial charge in [-0.25, -0.2) is 4.39 Å². The first kappa shape index (κ1) is 20.9. The van der Waals surface area contributed by atoms with E-state index in [4.69, 9.17) is 4.74 Å². The van der Waals surface area contributed by atoms with Crippen molar-refractivity contribution >= 4 is 35.0 Å². The summed E-state index contributed by atoms with van der Waals surface area (Å²) in [6.45, 7) is -0.122. The van der Waals surface area contributed by atoms with Gasteiger partial charge in [-0.2, -0.15) is 0 Å². The van der Waals surface area contributed by atoms with Gasteiger partial charge in [0.05, 0.1) is 12.8 Å². The average molecular weight is 437 g/mol. The molecule has 1 heterocycles. The van der Waals surface area contributed by atoms with Gasteiger partial charge in [0.15, 0.2) is 0 Å². The molecule has 2 amide bonds. The lowest BCUT2D eigenvalue weighted by molar-refractivity contribution is -0.121. The van der Waals surface area contributed by atoms with E-state index < -0.39 is 0 Å². The second kappa shape index (κ2) is 9.22. The fraction of sp³-hybridized carbons (Fsp3) is 0.167. The molecule has 0 saturated heterocycles. The Morgan fingerprint density at radius 3 is 2.52 bits per heavy atom. The number of nitrogens with one attached hydrogen (secondary N) is 1. The lowest BCUT2D eigenvalue weighted by atomic mass is 10.1. The van der Waals surface area contributed by atoms with Crippen molar-refractivity contribution in [1.82, 2.24) is 0 Å². The minimum Gasteiger partial charge on any atom is -0.497 e. The number of anilines is 2. The molecule has 4 rings (SSSR count). The first-order valence-electron chi connectivity index (χ1n) is 9.79. The second-order valence-corrected chi connectivity index (χ2v) is 8.33. The molecular weight excluding hydrogens is 415 g/mol. The fourth-order valence-electron chi connectivity index (χ4n) is 3.43. The van der Waals surface area contributed by atoms with Crippen LogP contribution in [0.2, 0.25) is 0 Å². The largest absolute Gasteiger partial charge is 0.497 e. The van der Waals surface area contributed by atoms with E-state index in [0.717, 1.165) is 16.2 Å². The number of thioether (sulfide) groups is 1. The van der Waals surface area contributed by atoms with E-state index in [9.17, 15) is 14.0 Å². The highest BCUT2D eigenvalue weighted by Crippen LogP contribution is 2.45. The SMILES string of the molecule is COc1ccc([C@@H]2CC(=O)N(CC(=O)Nc3ccc(F)cc3)c3ccccc3S2)cc1. The van der Waals surface area contributed by atoms with Crippen LogP contribution >= 0.6 is 11.8 Å². The van der Waals surface area contributed by atoms with E-state index in [1.807, 2.05) is 48.5 Å². The molecule has 7 heteroatoms. The maximum Gasteiger partial charge on any atom is 0.244 e. The van der Waals surface area contributed by atoms with Crippen LogP contribution in [0.4, 0.5) is 15.8 Å². The van der Waals surface area contributed by atoms with Gasteiger partial charge in [-0.3, -0.25) is 9.59 Å². The Labute approximate surface area is 184 Å². The maximum absolute atomic E-state index is 13.2. The van der Waals surface area contributed by atoms with Crippen LogP contribution in [0.5, 0.6) is 5.75 Å². The number of carbonyl (C=O) groups is 2. The van der Waals surface area contributed by atoms with Crippen molar-refractivity contribution in [3.05, 3.63) is 84.2 Å². The molecule has 3 aromatic carbocycles. The lowest BCUT2D eigenvalue weighted by Gasteiger charge is -2.22. The van der Waals surface area contributed by atoms with Crippen LogP contribution in [0.15, 0.2) is 77.7 Å². The molecular formula is C24H21FN2O3S. The molecule has 31 heavy (non-hydrogen) atoms. The van der Waals surface area contributed by atoms with Crippen molar-refractivity contribution in [2.75, 3.05) is 23.9 Å². The van der Waals surface area contributed by atoms with Gasteiger partial charge in [-0.15, -0.1) is 11.8 Å². The van der Waals surface area contributed by atoms with Gasteiger partial charge < -0.3 is 15.0 Å². The Kier molecular flexibility index (Phi) is 6.23. The molecule has 0 aliphatic carbocycles. The van der Waals surface area contributed by atoms with Crippen molar-refractivity contribution in [3.8, 4) is 5.75 Å². The number of methoxy groups -OCH3 is 1. The molecule has 3 aromatic rings. The highest BCUT2D eigenvalue weighted by atomic mass is 32.2. The second-order valence-electron chi connectivity index (χ2n) is 7.09. The van der Waals surface area contributed by atoms with Gasteiger partial charge in [-0.05, 0) is 54.1 Å².